The van der Waals surface area contributed by atoms with E-state index >= 15 is 0 Å². The van der Waals surface area contributed by atoms with Gasteiger partial charge < -0.3 is 20.5 Å². The fourth-order valence-electron chi connectivity index (χ4n) is 2.27. The molecule has 5 heteroatoms. The minimum Gasteiger partial charge on any atom is -0.385 e. The number of hydrogen-bond donors (Lipinski definition) is 2. The minimum atomic E-state index is 0.0280. The van der Waals surface area contributed by atoms with Crippen LogP contribution in [0.2, 0.25) is 0 Å². The molecular formula is C13H26N2O3. The second-order valence-corrected chi connectivity index (χ2v) is 4.90. The molecule has 1 amide bonds. The molecule has 1 fully saturated rings. The molecule has 106 valence electrons. The lowest BCUT2D eigenvalue weighted by Crippen LogP contribution is -2.43. The van der Waals surface area contributed by atoms with Crippen LogP contribution in [0.15, 0.2) is 0 Å². The first-order valence-electron chi connectivity index (χ1n) is 6.79. The zero-order valence-electron chi connectivity index (χ0n) is 11.5. The van der Waals surface area contributed by atoms with E-state index in [9.17, 15) is 4.79 Å². The van der Waals surface area contributed by atoms with Gasteiger partial charge in [-0.1, -0.05) is 0 Å². The molecule has 1 atom stereocenters. The van der Waals surface area contributed by atoms with Gasteiger partial charge in [-0.2, -0.15) is 0 Å². The Morgan fingerprint density at radius 3 is 2.78 bits per heavy atom. The highest BCUT2D eigenvalue weighted by molar-refractivity contribution is 5.76. The van der Waals surface area contributed by atoms with E-state index in [-0.39, 0.29) is 11.9 Å². The second-order valence-electron chi connectivity index (χ2n) is 4.90. The van der Waals surface area contributed by atoms with Crippen molar-refractivity contribution in [1.82, 2.24) is 5.32 Å². The number of rotatable bonds is 9. The smallest absolute Gasteiger partial charge is 0.220 e. The Bertz CT molecular complexity index is 242. The molecule has 18 heavy (non-hydrogen) atoms. The van der Waals surface area contributed by atoms with E-state index in [1.165, 1.54) is 0 Å². The Kier molecular flexibility index (Phi) is 7.23. The summed E-state index contributed by atoms with van der Waals surface area (Å²) in [6, 6.07) is 0.0280. The van der Waals surface area contributed by atoms with Crippen LogP contribution in [-0.4, -0.2) is 44.9 Å². The van der Waals surface area contributed by atoms with Gasteiger partial charge in [-0.3, -0.25) is 4.79 Å². The number of carbonyl (C=O) groups excluding carboxylic acids is 1. The van der Waals surface area contributed by atoms with Crippen LogP contribution in [0.4, 0.5) is 0 Å². The van der Waals surface area contributed by atoms with Gasteiger partial charge in [0.05, 0.1) is 6.10 Å². The quantitative estimate of drug-likeness (QED) is 0.637. The van der Waals surface area contributed by atoms with E-state index in [1.54, 1.807) is 7.11 Å². The molecule has 0 saturated heterocycles. The van der Waals surface area contributed by atoms with Crippen LogP contribution < -0.4 is 11.1 Å². The molecule has 1 aliphatic rings. The predicted octanol–water partition coefficient (Wildman–Crippen LogP) is 0.672. The van der Waals surface area contributed by atoms with Gasteiger partial charge in [0.1, 0.15) is 0 Å². The number of nitrogens with two attached hydrogens (primary N) is 1. The van der Waals surface area contributed by atoms with Crippen molar-refractivity contribution in [2.24, 2.45) is 11.7 Å². The van der Waals surface area contributed by atoms with Crippen LogP contribution in [0.3, 0.4) is 0 Å². The zero-order valence-corrected chi connectivity index (χ0v) is 11.5. The molecule has 0 aromatic rings. The second kappa shape index (κ2) is 8.45. The fourth-order valence-corrected chi connectivity index (χ4v) is 2.27. The topological polar surface area (TPSA) is 73.6 Å². The van der Waals surface area contributed by atoms with E-state index in [0.29, 0.717) is 31.6 Å². The lowest BCUT2D eigenvalue weighted by atomic mass is 9.80. The van der Waals surface area contributed by atoms with Crippen LogP contribution in [0.1, 0.15) is 32.6 Å². The van der Waals surface area contributed by atoms with Gasteiger partial charge in [0.2, 0.25) is 5.91 Å². The zero-order chi connectivity index (χ0) is 13.4. The Morgan fingerprint density at radius 2 is 2.22 bits per heavy atom. The molecule has 1 unspecified atom stereocenters. The monoisotopic (exact) mass is 258 g/mol. The van der Waals surface area contributed by atoms with Crippen molar-refractivity contribution in [3.8, 4) is 0 Å². The molecule has 0 bridgehead atoms. The van der Waals surface area contributed by atoms with Crippen molar-refractivity contribution < 1.29 is 14.3 Å². The molecule has 5 nitrogen and oxygen atoms in total. The van der Waals surface area contributed by atoms with Gasteiger partial charge in [0.25, 0.3) is 0 Å². The summed E-state index contributed by atoms with van der Waals surface area (Å²) in [7, 11) is 1.65. The highest BCUT2D eigenvalue weighted by Gasteiger charge is 2.31. The molecule has 0 heterocycles. The first kappa shape index (κ1) is 15.4. The van der Waals surface area contributed by atoms with Gasteiger partial charge in [-0.15, -0.1) is 0 Å². The number of ether oxygens (including phenoxy) is 2. The Morgan fingerprint density at radius 1 is 1.50 bits per heavy atom. The maximum absolute atomic E-state index is 11.8. The number of nitrogens with one attached hydrogen (secondary N) is 1. The molecule has 0 radical (unpaired) electrons. The average Bonchev–Trinajstić information content (AvgIpc) is 2.31. The summed E-state index contributed by atoms with van der Waals surface area (Å²) in [5.41, 5.74) is 5.61. The average molecular weight is 258 g/mol. The number of hydrogen-bond acceptors (Lipinski definition) is 4. The molecule has 0 aromatic carbocycles. The Hall–Kier alpha value is -0.650. The van der Waals surface area contributed by atoms with E-state index in [0.717, 1.165) is 25.9 Å². The summed E-state index contributed by atoms with van der Waals surface area (Å²) in [6.45, 7) is 3.84. The van der Waals surface area contributed by atoms with Crippen molar-refractivity contribution in [3.63, 3.8) is 0 Å². The summed E-state index contributed by atoms with van der Waals surface area (Å²) in [5.74, 6) is 0.573. The maximum atomic E-state index is 11.8. The van der Waals surface area contributed by atoms with Gasteiger partial charge >= 0.3 is 0 Å². The minimum absolute atomic E-state index is 0.0280. The Balaban J connectivity index is 2.13. The van der Waals surface area contributed by atoms with Crippen LogP contribution in [-0.2, 0) is 14.3 Å². The van der Waals surface area contributed by atoms with Crippen LogP contribution >= 0.6 is 0 Å². The van der Waals surface area contributed by atoms with E-state index in [1.807, 2.05) is 6.92 Å². The van der Waals surface area contributed by atoms with Gasteiger partial charge in [0, 0.05) is 39.3 Å². The summed E-state index contributed by atoms with van der Waals surface area (Å²) in [6.07, 6.45) is 3.74. The molecule has 1 aliphatic carbocycles. The highest BCUT2D eigenvalue weighted by Crippen LogP contribution is 2.32. The Labute approximate surface area is 109 Å². The summed E-state index contributed by atoms with van der Waals surface area (Å²) in [4.78, 5) is 11.8. The maximum Gasteiger partial charge on any atom is 0.220 e. The largest absolute Gasteiger partial charge is 0.385 e. The van der Waals surface area contributed by atoms with Crippen LogP contribution in [0.25, 0.3) is 0 Å². The summed E-state index contributed by atoms with van der Waals surface area (Å²) in [5, 5.41) is 2.96. The molecule has 1 saturated carbocycles. The van der Waals surface area contributed by atoms with Gasteiger partial charge in [-0.05, 0) is 32.1 Å². The molecule has 0 aliphatic heterocycles. The normalized spacial score (nSPS) is 24.4. The molecular weight excluding hydrogens is 232 g/mol. The third-order valence-electron chi connectivity index (χ3n) is 3.39. The number of methoxy groups -OCH3 is 1. The molecule has 0 spiro atoms. The number of carbonyl (C=O) groups is 1. The lowest BCUT2D eigenvalue weighted by Gasteiger charge is -2.34. The highest BCUT2D eigenvalue weighted by atomic mass is 16.5. The van der Waals surface area contributed by atoms with E-state index < -0.39 is 0 Å². The van der Waals surface area contributed by atoms with Crippen molar-refractivity contribution >= 4 is 5.91 Å². The third-order valence-corrected chi connectivity index (χ3v) is 3.39. The predicted molar refractivity (Wildman–Crippen MR) is 70.2 cm³/mol. The number of amides is 1. The standard InChI is InChI=1S/C13H26N2O3/c1-3-18-12-6-10(7-12)8-13(16)15-11(9-14)4-5-17-2/h10-12H,3-9,14H2,1-2H3,(H,15,16). The SMILES string of the molecule is CCOC1CC(CC(=O)NC(CN)CCOC)C1. The molecule has 1 rings (SSSR count). The summed E-state index contributed by atoms with van der Waals surface area (Å²) < 4.78 is 10.5. The van der Waals surface area contributed by atoms with Crippen molar-refractivity contribution in [2.75, 3.05) is 26.9 Å². The van der Waals surface area contributed by atoms with Crippen molar-refractivity contribution in [2.45, 2.75) is 44.8 Å². The van der Waals surface area contributed by atoms with E-state index in [4.69, 9.17) is 15.2 Å². The first-order valence-corrected chi connectivity index (χ1v) is 6.79. The van der Waals surface area contributed by atoms with Crippen LogP contribution in [0.5, 0.6) is 0 Å². The fraction of sp³-hybridized carbons (Fsp3) is 0.923. The molecule has 0 aromatic heterocycles. The van der Waals surface area contributed by atoms with Crippen LogP contribution in [0, 0.1) is 5.92 Å². The van der Waals surface area contributed by atoms with Crippen molar-refractivity contribution in [1.29, 1.82) is 0 Å². The van der Waals surface area contributed by atoms with Crippen molar-refractivity contribution in [3.05, 3.63) is 0 Å². The lowest BCUT2D eigenvalue weighted by molar-refractivity contribution is -0.125. The first-order chi connectivity index (χ1) is 8.69. The summed E-state index contributed by atoms with van der Waals surface area (Å²) >= 11 is 0. The van der Waals surface area contributed by atoms with E-state index in [2.05, 4.69) is 5.32 Å². The third kappa shape index (κ3) is 5.33. The van der Waals surface area contributed by atoms with Gasteiger partial charge in [0.15, 0.2) is 0 Å². The molecule has 3 N–H and O–H groups in total. The van der Waals surface area contributed by atoms with Gasteiger partial charge in [-0.25, -0.2) is 0 Å².